The Labute approximate surface area is 57.7 Å². The molecule has 0 atom stereocenters. The van der Waals surface area contributed by atoms with Crippen LogP contribution in [-0.4, -0.2) is 0 Å². The van der Waals surface area contributed by atoms with Crippen LogP contribution in [0.25, 0.3) is 0 Å². The van der Waals surface area contributed by atoms with Gasteiger partial charge >= 0.3 is 0 Å². The molecule has 42 valence electrons. The molecule has 0 fully saturated rings. The highest BCUT2D eigenvalue weighted by Crippen LogP contribution is 2.16. The van der Waals surface area contributed by atoms with Crippen LogP contribution < -0.4 is 0 Å². The van der Waals surface area contributed by atoms with Crippen molar-refractivity contribution < 1.29 is 0 Å². The van der Waals surface area contributed by atoms with Crippen molar-refractivity contribution in [1.82, 2.24) is 0 Å². The molecular formula is C5H8BrCl. The summed E-state index contributed by atoms with van der Waals surface area (Å²) >= 11 is 8.88. The van der Waals surface area contributed by atoms with Crippen LogP contribution in [0, 0.1) is 0 Å². The van der Waals surface area contributed by atoms with Gasteiger partial charge in [-0.25, -0.2) is 0 Å². The van der Waals surface area contributed by atoms with Crippen LogP contribution >= 0.6 is 27.5 Å². The molecule has 0 aromatic carbocycles. The third kappa shape index (κ3) is 3.12. The standard InChI is InChI=1S/C5H8BrCl/c1-3-5(7)4(2)6/h3H2,1-2H3. The zero-order chi connectivity index (χ0) is 5.86. The van der Waals surface area contributed by atoms with E-state index >= 15 is 0 Å². The molecule has 0 heterocycles. The van der Waals surface area contributed by atoms with E-state index in [4.69, 9.17) is 11.6 Å². The first-order valence-corrected chi connectivity index (χ1v) is 3.36. The fourth-order valence-electron chi connectivity index (χ4n) is 0.244. The van der Waals surface area contributed by atoms with E-state index in [1.165, 1.54) is 0 Å². The summed E-state index contributed by atoms with van der Waals surface area (Å²) in [5.74, 6) is 0. The summed E-state index contributed by atoms with van der Waals surface area (Å²) in [5.41, 5.74) is 0. The molecule has 0 aliphatic rings. The van der Waals surface area contributed by atoms with Crippen LogP contribution in [0.3, 0.4) is 0 Å². The SMILES string of the molecule is CCC(Cl)=C(C)Br. The van der Waals surface area contributed by atoms with Crippen molar-refractivity contribution in [3.05, 3.63) is 9.51 Å². The van der Waals surface area contributed by atoms with Gasteiger partial charge in [0.05, 0.1) is 0 Å². The van der Waals surface area contributed by atoms with Crippen LogP contribution in [-0.2, 0) is 0 Å². The fourth-order valence-corrected chi connectivity index (χ4v) is 0.524. The molecule has 0 rings (SSSR count). The molecule has 0 aromatic rings. The Morgan fingerprint density at radius 3 is 2.14 bits per heavy atom. The van der Waals surface area contributed by atoms with Crippen molar-refractivity contribution in [3.8, 4) is 0 Å². The summed E-state index contributed by atoms with van der Waals surface area (Å²) in [6.07, 6.45) is 0.915. The lowest BCUT2D eigenvalue weighted by molar-refractivity contribution is 1.18. The van der Waals surface area contributed by atoms with E-state index in [-0.39, 0.29) is 0 Å². The first-order chi connectivity index (χ1) is 3.18. The predicted octanol–water partition coefficient (Wildman–Crippen LogP) is 3.26. The van der Waals surface area contributed by atoms with Gasteiger partial charge < -0.3 is 0 Å². The van der Waals surface area contributed by atoms with Crippen molar-refractivity contribution >= 4 is 27.5 Å². The van der Waals surface area contributed by atoms with Gasteiger partial charge in [-0.15, -0.1) is 0 Å². The minimum absolute atomic E-state index is 0.903. The highest BCUT2D eigenvalue weighted by atomic mass is 79.9. The molecule has 0 nitrogen and oxygen atoms in total. The number of rotatable bonds is 1. The van der Waals surface area contributed by atoms with Gasteiger partial charge in [0.15, 0.2) is 0 Å². The molecule has 0 radical (unpaired) electrons. The van der Waals surface area contributed by atoms with Crippen molar-refractivity contribution in [2.45, 2.75) is 20.3 Å². The van der Waals surface area contributed by atoms with E-state index in [1.54, 1.807) is 0 Å². The Kier molecular flexibility index (Phi) is 3.76. The average molecular weight is 183 g/mol. The molecule has 0 saturated heterocycles. The minimum atomic E-state index is 0.903. The molecule has 0 amide bonds. The van der Waals surface area contributed by atoms with Crippen LogP contribution in [0.1, 0.15) is 20.3 Å². The largest absolute Gasteiger partial charge is 0.0883 e. The number of allylic oxidation sites excluding steroid dienone is 2. The van der Waals surface area contributed by atoms with Crippen LogP contribution in [0.5, 0.6) is 0 Å². The second kappa shape index (κ2) is 3.50. The molecule has 2 heteroatoms. The Balaban J connectivity index is 3.72. The number of halogens is 2. The summed E-state index contributed by atoms with van der Waals surface area (Å²) in [6.45, 7) is 3.96. The molecule has 0 aliphatic heterocycles. The molecule has 0 unspecified atom stereocenters. The van der Waals surface area contributed by atoms with Gasteiger partial charge in [0, 0.05) is 9.51 Å². The third-order valence-electron chi connectivity index (χ3n) is 0.684. The van der Waals surface area contributed by atoms with Crippen LogP contribution in [0.15, 0.2) is 9.51 Å². The van der Waals surface area contributed by atoms with Crippen LogP contribution in [0.2, 0.25) is 0 Å². The second-order valence-corrected chi connectivity index (χ2v) is 2.94. The average Bonchev–Trinajstić information content (AvgIpc) is 1.65. The quantitative estimate of drug-likeness (QED) is 0.585. The van der Waals surface area contributed by atoms with Gasteiger partial charge in [-0.05, 0) is 13.3 Å². The highest BCUT2D eigenvalue weighted by Gasteiger charge is 1.88. The zero-order valence-electron chi connectivity index (χ0n) is 4.46. The molecule has 7 heavy (non-hydrogen) atoms. The van der Waals surface area contributed by atoms with Gasteiger partial charge in [0.25, 0.3) is 0 Å². The van der Waals surface area contributed by atoms with E-state index < -0.39 is 0 Å². The normalized spacial score (nSPS) is 13.7. The van der Waals surface area contributed by atoms with Gasteiger partial charge in [-0.2, -0.15) is 0 Å². The van der Waals surface area contributed by atoms with Gasteiger partial charge in [-0.1, -0.05) is 34.5 Å². The van der Waals surface area contributed by atoms with Gasteiger partial charge in [-0.3, -0.25) is 0 Å². The molecule has 0 N–H and O–H groups in total. The van der Waals surface area contributed by atoms with E-state index in [2.05, 4.69) is 15.9 Å². The lowest BCUT2D eigenvalue weighted by Crippen LogP contribution is -1.66. The van der Waals surface area contributed by atoms with Gasteiger partial charge in [0.1, 0.15) is 0 Å². The second-order valence-electron chi connectivity index (χ2n) is 1.29. The van der Waals surface area contributed by atoms with E-state index in [1.807, 2.05) is 13.8 Å². The lowest BCUT2D eigenvalue weighted by atomic mass is 10.4. The molecule has 0 aromatic heterocycles. The Morgan fingerprint density at radius 1 is 1.71 bits per heavy atom. The third-order valence-corrected chi connectivity index (χ3v) is 1.94. The van der Waals surface area contributed by atoms with Crippen molar-refractivity contribution in [1.29, 1.82) is 0 Å². The first kappa shape index (κ1) is 7.51. The maximum absolute atomic E-state index is 5.63. The lowest BCUT2D eigenvalue weighted by Gasteiger charge is -1.89. The van der Waals surface area contributed by atoms with Crippen molar-refractivity contribution in [2.75, 3.05) is 0 Å². The molecule has 0 saturated carbocycles. The maximum Gasteiger partial charge on any atom is 0.0276 e. The molecular weight excluding hydrogens is 175 g/mol. The Hall–Kier alpha value is 0.510. The highest BCUT2D eigenvalue weighted by molar-refractivity contribution is 9.11. The summed E-state index contributed by atoms with van der Waals surface area (Å²) in [5, 5.41) is 0.903. The van der Waals surface area contributed by atoms with Gasteiger partial charge in [0.2, 0.25) is 0 Å². The number of hydrogen-bond donors (Lipinski definition) is 0. The van der Waals surface area contributed by atoms with E-state index in [0.29, 0.717) is 0 Å². The smallest absolute Gasteiger partial charge is 0.0276 e. The van der Waals surface area contributed by atoms with E-state index in [9.17, 15) is 0 Å². The fraction of sp³-hybridized carbons (Fsp3) is 0.600. The zero-order valence-corrected chi connectivity index (χ0v) is 6.80. The molecule has 0 aliphatic carbocycles. The summed E-state index contributed by atoms with van der Waals surface area (Å²) in [7, 11) is 0. The maximum atomic E-state index is 5.63. The summed E-state index contributed by atoms with van der Waals surface area (Å²) in [6, 6.07) is 0. The van der Waals surface area contributed by atoms with E-state index in [0.717, 1.165) is 15.9 Å². The minimum Gasteiger partial charge on any atom is -0.0883 e. The molecule has 0 spiro atoms. The summed E-state index contributed by atoms with van der Waals surface area (Å²) in [4.78, 5) is 0. The Bertz CT molecular complexity index is 82.1. The predicted molar refractivity (Wildman–Crippen MR) is 37.8 cm³/mol. The monoisotopic (exact) mass is 182 g/mol. The van der Waals surface area contributed by atoms with Crippen molar-refractivity contribution in [3.63, 3.8) is 0 Å². The topological polar surface area (TPSA) is 0 Å². The summed E-state index contributed by atoms with van der Waals surface area (Å²) < 4.78 is 1.04. The number of hydrogen-bond acceptors (Lipinski definition) is 0. The Morgan fingerprint density at radius 2 is 2.14 bits per heavy atom. The first-order valence-electron chi connectivity index (χ1n) is 2.19. The van der Waals surface area contributed by atoms with Crippen LogP contribution in [0.4, 0.5) is 0 Å². The molecule has 0 bridgehead atoms. The van der Waals surface area contributed by atoms with Crippen molar-refractivity contribution in [2.24, 2.45) is 0 Å².